The second-order valence-electron chi connectivity index (χ2n) is 5.62. The zero-order chi connectivity index (χ0) is 14.0. The molecule has 0 radical (unpaired) electrons. The third-order valence-electron chi connectivity index (χ3n) is 4.34. The highest BCUT2D eigenvalue weighted by Crippen LogP contribution is 2.34. The van der Waals surface area contributed by atoms with Gasteiger partial charge in [-0.25, -0.2) is 9.59 Å². The van der Waals surface area contributed by atoms with E-state index < -0.39 is 11.5 Å². The Kier molecular flexibility index (Phi) is 3.99. The molecule has 1 unspecified atom stereocenters. The number of aliphatic carboxylic acids is 1. The van der Waals surface area contributed by atoms with Crippen LogP contribution in [0.1, 0.15) is 32.6 Å². The Balaban J connectivity index is 2.00. The van der Waals surface area contributed by atoms with Crippen LogP contribution >= 0.6 is 0 Å². The van der Waals surface area contributed by atoms with Crippen LogP contribution in [0.5, 0.6) is 0 Å². The number of amides is 2. The van der Waals surface area contributed by atoms with Crippen LogP contribution in [0, 0.1) is 5.92 Å². The van der Waals surface area contributed by atoms with Gasteiger partial charge in [0.05, 0.1) is 0 Å². The number of rotatable bonds is 4. The van der Waals surface area contributed by atoms with Gasteiger partial charge in [-0.2, -0.15) is 0 Å². The van der Waals surface area contributed by atoms with Crippen molar-refractivity contribution in [2.45, 2.75) is 44.2 Å². The van der Waals surface area contributed by atoms with Crippen molar-refractivity contribution in [2.24, 2.45) is 5.92 Å². The number of carbonyl (C=O) groups is 2. The van der Waals surface area contributed by atoms with Crippen molar-refractivity contribution < 1.29 is 19.4 Å². The summed E-state index contributed by atoms with van der Waals surface area (Å²) in [5.74, 6) is -0.414. The number of carboxylic acid groups (broad SMARTS) is 1. The summed E-state index contributed by atoms with van der Waals surface area (Å²) in [6, 6.07) is -0.144. The van der Waals surface area contributed by atoms with Gasteiger partial charge in [0.25, 0.3) is 0 Å². The van der Waals surface area contributed by atoms with Gasteiger partial charge in [-0.15, -0.1) is 0 Å². The molecule has 0 aromatic carbocycles. The van der Waals surface area contributed by atoms with E-state index in [4.69, 9.17) is 4.74 Å². The van der Waals surface area contributed by atoms with Crippen molar-refractivity contribution in [1.29, 1.82) is 0 Å². The van der Waals surface area contributed by atoms with Crippen molar-refractivity contribution in [3.63, 3.8) is 0 Å². The molecule has 1 heterocycles. The van der Waals surface area contributed by atoms with Crippen LogP contribution in [0.15, 0.2) is 0 Å². The summed E-state index contributed by atoms with van der Waals surface area (Å²) in [6.07, 6.45) is 2.94. The number of nitrogens with one attached hydrogen (secondary N) is 1. The number of hydrogen-bond donors (Lipinski definition) is 2. The Hall–Kier alpha value is -1.30. The second kappa shape index (κ2) is 5.36. The van der Waals surface area contributed by atoms with Gasteiger partial charge >= 0.3 is 12.0 Å². The Bertz CT molecular complexity index is 362. The molecule has 1 saturated heterocycles. The average Bonchev–Trinajstić information content (AvgIpc) is 3.22. The van der Waals surface area contributed by atoms with Crippen molar-refractivity contribution in [2.75, 3.05) is 20.3 Å². The number of hydrogen-bond acceptors (Lipinski definition) is 3. The summed E-state index contributed by atoms with van der Waals surface area (Å²) in [5.41, 5.74) is -1.17. The summed E-state index contributed by atoms with van der Waals surface area (Å²) in [4.78, 5) is 25.3. The van der Waals surface area contributed by atoms with Crippen molar-refractivity contribution in [1.82, 2.24) is 10.2 Å². The SMILES string of the molecule is CC(C1CC1)N(C)C(=O)NC1(C(=O)O)CCOCC1. The minimum Gasteiger partial charge on any atom is -0.480 e. The van der Waals surface area contributed by atoms with Gasteiger partial charge in [0.2, 0.25) is 0 Å². The Morgan fingerprint density at radius 2 is 1.95 bits per heavy atom. The Morgan fingerprint density at radius 3 is 2.42 bits per heavy atom. The van der Waals surface area contributed by atoms with Crippen LogP contribution in [0.4, 0.5) is 4.79 Å². The predicted octanol–water partition coefficient (Wildman–Crippen LogP) is 1.06. The fraction of sp³-hybridized carbons (Fsp3) is 0.846. The van der Waals surface area contributed by atoms with E-state index in [2.05, 4.69) is 5.32 Å². The molecule has 2 rings (SSSR count). The molecule has 1 aliphatic carbocycles. The smallest absolute Gasteiger partial charge is 0.329 e. The number of urea groups is 1. The summed E-state index contributed by atoms with van der Waals surface area (Å²) >= 11 is 0. The van der Waals surface area contributed by atoms with Gasteiger partial charge in [0.1, 0.15) is 5.54 Å². The number of nitrogens with zero attached hydrogens (tertiary/aromatic N) is 1. The summed E-state index contributed by atoms with van der Waals surface area (Å²) in [6.45, 7) is 2.75. The van der Waals surface area contributed by atoms with E-state index in [9.17, 15) is 14.7 Å². The maximum atomic E-state index is 12.2. The summed E-state index contributed by atoms with van der Waals surface area (Å²) < 4.78 is 5.18. The second-order valence-corrected chi connectivity index (χ2v) is 5.62. The molecule has 19 heavy (non-hydrogen) atoms. The maximum absolute atomic E-state index is 12.2. The Labute approximate surface area is 113 Å². The van der Waals surface area contributed by atoms with Gasteiger partial charge in [0.15, 0.2) is 0 Å². The number of carbonyl (C=O) groups excluding carboxylic acids is 1. The molecule has 108 valence electrons. The largest absolute Gasteiger partial charge is 0.480 e. The minimum absolute atomic E-state index is 0.158. The van der Waals surface area contributed by atoms with Gasteiger partial charge in [-0.3, -0.25) is 0 Å². The van der Waals surface area contributed by atoms with Gasteiger partial charge < -0.3 is 20.1 Å². The molecule has 1 aliphatic heterocycles. The molecule has 2 amide bonds. The molecule has 2 N–H and O–H groups in total. The maximum Gasteiger partial charge on any atom is 0.329 e. The average molecular weight is 270 g/mol. The zero-order valence-corrected chi connectivity index (χ0v) is 11.5. The van der Waals surface area contributed by atoms with Crippen LogP contribution in [0.25, 0.3) is 0 Å². The van der Waals surface area contributed by atoms with E-state index in [-0.39, 0.29) is 12.1 Å². The van der Waals surface area contributed by atoms with E-state index in [0.29, 0.717) is 32.0 Å². The highest BCUT2D eigenvalue weighted by molar-refractivity contribution is 5.86. The summed E-state index contributed by atoms with van der Waals surface area (Å²) in [5, 5.41) is 12.1. The topological polar surface area (TPSA) is 78.9 Å². The van der Waals surface area contributed by atoms with Gasteiger partial charge in [-0.1, -0.05) is 0 Å². The van der Waals surface area contributed by atoms with Crippen LogP contribution in [0.2, 0.25) is 0 Å². The first-order valence-corrected chi connectivity index (χ1v) is 6.82. The lowest BCUT2D eigenvalue weighted by Crippen LogP contribution is -2.60. The van der Waals surface area contributed by atoms with Gasteiger partial charge in [0, 0.05) is 39.1 Å². The quantitative estimate of drug-likeness (QED) is 0.800. The molecule has 0 spiro atoms. The van der Waals surface area contributed by atoms with Crippen molar-refractivity contribution >= 4 is 12.0 Å². The standard InChI is InChI=1S/C13H22N2O4/c1-9(10-3-4-10)15(2)12(18)14-13(11(16)17)5-7-19-8-6-13/h9-10H,3-8H2,1-2H3,(H,14,18)(H,16,17). The van der Waals surface area contributed by atoms with E-state index in [1.54, 1.807) is 11.9 Å². The number of ether oxygens (including phenoxy) is 1. The first-order valence-electron chi connectivity index (χ1n) is 6.82. The first kappa shape index (κ1) is 14.1. The lowest BCUT2D eigenvalue weighted by molar-refractivity contribution is -0.148. The molecule has 2 fully saturated rings. The van der Waals surface area contributed by atoms with Crippen LogP contribution < -0.4 is 5.32 Å². The van der Waals surface area contributed by atoms with E-state index in [1.807, 2.05) is 6.92 Å². The molecule has 1 atom stereocenters. The lowest BCUT2D eigenvalue weighted by Gasteiger charge is -2.36. The highest BCUT2D eigenvalue weighted by Gasteiger charge is 2.43. The van der Waals surface area contributed by atoms with Crippen LogP contribution in [0.3, 0.4) is 0 Å². The fourth-order valence-corrected chi connectivity index (χ4v) is 2.48. The summed E-state index contributed by atoms with van der Waals surface area (Å²) in [7, 11) is 1.73. The van der Waals surface area contributed by atoms with Crippen molar-refractivity contribution in [3.8, 4) is 0 Å². The first-order chi connectivity index (χ1) is 8.96. The normalized spacial score (nSPS) is 23.5. The third kappa shape index (κ3) is 3.00. The fourth-order valence-electron chi connectivity index (χ4n) is 2.48. The molecule has 6 heteroatoms. The molecule has 6 nitrogen and oxygen atoms in total. The lowest BCUT2D eigenvalue weighted by atomic mass is 9.90. The van der Waals surface area contributed by atoms with Crippen LogP contribution in [-0.2, 0) is 9.53 Å². The van der Waals surface area contributed by atoms with E-state index >= 15 is 0 Å². The molecule has 2 aliphatic rings. The van der Waals surface area contributed by atoms with E-state index in [1.165, 1.54) is 0 Å². The molecule has 1 saturated carbocycles. The molecule has 0 aromatic heterocycles. The highest BCUT2D eigenvalue weighted by atomic mass is 16.5. The third-order valence-corrected chi connectivity index (χ3v) is 4.34. The monoisotopic (exact) mass is 270 g/mol. The minimum atomic E-state index is -1.17. The molecular weight excluding hydrogens is 248 g/mol. The number of carboxylic acids is 1. The van der Waals surface area contributed by atoms with E-state index in [0.717, 1.165) is 12.8 Å². The Morgan fingerprint density at radius 1 is 1.37 bits per heavy atom. The predicted molar refractivity (Wildman–Crippen MR) is 68.9 cm³/mol. The van der Waals surface area contributed by atoms with Crippen LogP contribution in [-0.4, -0.2) is 53.8 Å². The van der Waals surface area contributed by atoms with Crippen molar-refractivity contribution in [3.05, 3.63) is 0 Å². The molecule has 0 bridgehead atoms. The molecular formula is C13H22N2O4. The molecule has 0 aromatic rings. The zero-order valence-electron chi connectivity index (χ0n) is 11.5. The van der Waals surface area contributed by atoms with Gasteiger partial charge in [-0.05, 0) is 25.7 Å².